The number of amides is 2. The molecule has 202 valence electrons. The molecule has 39 heavy (non-hydrogen) atoms. The van der Waals surface area contributed by atoms with Crippen LogP contribution >= 0.6 is 0 Å². The van der Waals surface area contributed by atoms with Crippen molar-refractivity contribution in [1.29, 1.82) is 0 Å². The van der Waals surface area contributed by atoms with Gasteiger partial charge in [-0.2, -0.15) is 0 Å². The topological polar surface area (TPSA) is 75.2 Å². The van der Waals surface area contributed by atoms with Gasteiger partial charge in [0.15, 0.2) is 11.5 Å². The van der Waals surface area contributed by atoms with Crippen LogP contribution in [0.5, 0.6) is 11.5 Å². The normalized spacial score (nSPS) is 20.2. The highest BCUT2D eigenvalue weighted by Crippen LogP contribution is 2.49. The fourth-order valence-electron chi connectivity index (χ4n) is 6.23. The lowest BCUT2D eigenvalue weighted by molar-refractivity contribution is -0.135. The molecule has 1 aromatic heterocycles. The Bertz CT molecular complexity index is 1370. The zero-order valence-electron chi connectivity index (χ0n) is 22.5. The van der Waals surface area contributed by atoms with E-state index in [4.69, 9.17) is 9.47 Å². The number of piperazine rings is 1. The Labute approximate surface area is 229 Å². The second-order valence-corrected chi connectivity index (χ2v) is 10.1. The molecule has 0 aliphatic carbocycles. The van der Waals surface area contributed by atoms with Crippen LogP contribution in [0.2, 0.25) is 0 Å². The number of anilines is 1. The second-order valence-electron chi connectivity index (χ2n) is 10.1. The lowest BCUT2D eigenvalue weighted by Gasteiger charge is -2.47. The smallest absolute Gasteiger partial charge is 0.254 e. The van der Waals surface area contributed by atoms with Crippen LogP contribution in [-0.4, -0.2) is 72.5 Å². The van der Waals surface area contributed by atoms with Crippen LogP contribution < -0.4 is 14.4 Å². The van der Waals surface area contributed by atoms with E-state index >= 15 is 0 Å². The van der Waals surface area contributed by atoms with Crippen molar-refractivity contribution in [2.24, 2.45) is 0 Å². The first-order valence-corrected chi connectivity index (χ1v) is 13.9. The third-order valence-electron chi connectivity index (χ3n) is 8.02. The molecule has 4 heterocycles. The van der Waals surface area contributed by atoms with Crippen LogP contribution in [0.25, 0.3) is 0 Å². The fourth-order valence-corrected chi connectivity index (χ4v) is 6.23. The van der Waals surface area contributed by atoms with Crippen molar-refractivity contribution in [2.75, 3.05) is 50.8 Å². The third kappa shape index (κ3) is 4.47. The maximum absolute atomic E-state index is 14.4. The molecule has 2 amide bonds. The van der Waals surface area contributed by atoms with Gasteiger partial charge in [0.25, 0.3) is 5.91 Å². The minimum atomic E-state index is -0.494. The largest absolute Gasteiger partial charge is 0.490 e. The van der Waals surface area contributed by atoms with Gasteiger partial charge in [-0.25, -0.2) is 4.98 Å². The Balaban J connectivity index is 1.38. The predicted molar refractivity (Wildman–Crippen MR) is 148 cm³/mol. The molecular weight excluding hydrogens is 492 g/mol. The number of hydrogen-bond donors (Lipinski definition) is 0. The summed E-state index contributed by atoms with van der Waals surface area (Å²) in [7, 11) is 0. The highest BCUT2D eigenvalue weighted by Gasteiger charge is 2.48. The molecule has 8 heteroatoms. The maximum atomic E-state index is 14.4. The number of pyridine rings is 1. The van der Waals surface area contributed by atoms with Crippen LogP contribution in [0.1, 0.15) is 52.9 Å². The van der Waals surface area contributed by atoms with Crippen molar-refractivity contribution in [3.05, 3.63) is 83.0 Å². The van der Waals surface area contributed by atoms with E-state index in [0.29, 0.717) is 69.4 Å². The lowest BCUT2D eigenvalue weighted by atomic mass is 9.75. The molecule has 2 aromatic carbocycles. The van der Waals surface area contributed by atoms with E-state index in [0.717, 1.165) is 22.5 Å². The quantitative estimate of drug-likeness (QED) is 0.482. The number of aromatic nitrogens is 1. The van der Waals surface area contributed by atoms with E-state index in [1.165, 1.54) is 0 Å². The molecule has 0 radical (unpaired) electrons. The SMILES string of the molecule is CCOc1cc2c(cc1OCC)[C@H]1[C@H](C(=O)N3CCN(c4ccccn4)CC3)c3ccccc3C(=O)N1CC2. The van der Waals surface area contributed by atoms with E-state index in [2.05, 4.69) is 9.88 Å². The molecule has 0 N–H and O–H groups in total. The van der Waals surface area contributed by atoms with E-state index < -0.39 is 12.0 Å². The molecule has 0 bridgehead atoms. The number of carbonyl (C=O) groups excluding carboxylic acids is 2. The van der Waals surface area contributed by atoms with Crippen molar-refractivity contribution >= 4 is 17.6 Å². The lowest BCUT2D eigenvalue weighted by Crippen LogP contribution is -2.54. The molecule has 8 nitrogen and oxygen atoms in total. The van der Waals surface area contributed by atoms with Crippen molar-refractivity contribution in [3.8, 4) is 11.5 Å². The van der Waals surface area contributed by atoms with Gasteiger partial charge >= 0.3 is 0 Å². The minimum Gasteiger partial charge on any atom is -0.490 e. The van der Waals surface area contributed by atoms with Crippen molar-refractivity contribution in [3.63, 3.8) is 0 Å². The van der Waals surface area contributed by atoms with Crippen molar-refractivity contribution < 1.29 is 19.1 Å². The minimum absolute atomic E-state index is 0.0166. The number of carbonyl (C=O) groups is 2. The number of rotatable bonds is 6. The molecular formula is C31H34N4O4. The van der Waals surface area contributed by atoms with Gasteiger partial charge in [0.2, 0.25) is 5.91 Å². The molecule has 0 unspecified atom stereocenters. The summed E-state index contributed by atoms with van der Waals surface area (Å²) in [6.45, 7) is 8.13. The van der Waals surface area contributed by atoms with Gasteiger partial charge < -0.3 is 24.2 Å². The Kier molecular flexibility index (Phi) is 6.85. The summed E-state index contributed by atoms with van der Waals surface area (Å²) in [4.78, 5) is 38.7. The first kappa shape index (κ1) is 25.2. The molecule has 3 aromatic rings. The van der Waals surface area contributed by atoms with E-state index in [1.54, 1.807) is 6.20 Å². The molecule has 0 saturated carbocycles. The van der Waals surface area contributed by atoms with Crippen molar-refractivity contribution in [1.82, 2.24) is 14.8 Å². The molecule has 3 aliphatic rings. The van der Waals surface area contributed by atoms with Gasteiger partial charge in [-0.05, 0) is 67.3 Å². The monoisotopic (exact) mass is 526 g/mol. The summed E-state index contributed by atoms with van der Waals surface area (Å²) in [5, 5.41) is 0. The van der Waals surface area contributed by atoms with Crippen LogP contribution in [0.15, 0.2) is 60.8 Å². The summed E-state index contributed by atoms with van der Waals surface area (Å²) in [5.74, 6) is 1.84. The Morgan fingerprint density at radius 3 is 2.33 bits per heavy atom. The third-order valence-corrected chi connectivity index (χ3v) is 8.02. The first-order chi connectivity index (χ1) is 19.1. The van der Waals surface area contributed by atoms with Gasteiger partial charge in [0, 0.05) is 44.5 Å². The summed E-state index contributed by atoms with van der Waals surface area (Å²) < 4.78 is 11.9. The Morgan fingerprint density at radius 1 is 0.897 bits per heavy atom. The average Bonchev–Trinajstić information content (AvgIpc) is 2.98. The molecule has 0 spiro atoms. The molecule has 3 aliphatic heterocycles. The predicted octanol–water partition coefficient (Wildman–Crippen LogP) is 4.06. The number of hydrogen-bond acceptors (Lipinski definition) is 6. The molecule has 1 saturated heterocycles. The average molecular weight is 527 g/mol. The summed E-state index contributed by atoms with van der Waals surface area (Å²) >= 11 is 0. The number of ether oxygens (including phenoxy) is 2. The highest BCUT2D eigenvalue weighted by atomic mass is 16.5. The van der Waals surface area contributed by atoms with Gasteiger partial charge in [0.05, 0.1) is 25.2 Å². The zero-order valence-corrected chi connectivity index (χ0v) is 22.5. The standard InChI is InChI=1S/C31H34N4O4/c1-3-38-25-19-21-12-14-35-29(24(21)20-26(25)39-4-2)28(22-9-5-6-10-23(22)30(35)36)31(37)34-17-15-33(16-18-34)27-11-7-8-13-32-27/h5-11,13,19-20,28-29H,3-4,12,14-18H2,1-2H3/t28-,29+/m1/s1. The number of nitrogens with zero attached hydrogens (tertiary/aromatic N) is 4. The fraction of sp³-hybridized carbons (Fsp3) is 0.387. The van der Waals surface area contributed by atoms with Crippen LogP contribution in [0.3, 0.4) is 0 Å². The maximum Gasteiger partial charge on any atom is 0.254 e. The van der Waals surface area contributed by atoms with Crippen molar-refractivity contribution in [2.45, 2.75) is 32.2 Å². The van der Waals surface area contributed by atoms with E-state index in [9.17, 15) is 9.59 Å². The highest BCUT2D eigenvalue weighted by molar-refractivity contribution is 6.01. The summed E-state index contributed by atoms with van der Waals surface area (Å²) in [6.07, 6.45) is 2.50. The van der Waals surface area contributed by atoms with Gasteiger partial charge in [-0.1, -0.05) is 24.3 Å². The molecule has 1 fully saturated rings. The van der Waals surface area contributed by atoms with Gasteiger partial charge in [-0.3, -0.25) is 9.59 Å². The van der Waals surface area contributed by atoms with Gasteiger partial charge in [-0.15, -0.1) is 0 Å². The van der Waals surface area contributed by atoms with Crippen LogP contribution in [-0.2, 0) is 11.2 Å². The van der Waals surface area contributed by atoms with Crippen LogP contribution in [0, 0.1) is 0 Å². The first-order valence-electron chi connectivity index (χ1n) is 13.9. The second kappa shape index (κ2) is 10.6. The van der Waals surface area contributed by atoms with Gasteiger partial charge in [0.1, 0.15) is 5.82 Å². The summed E-state index contributed by atoms with van der Waals surface area (Å²) in [6, 6.07) is 17.1. The Morgan fingerprint density at radius 2 is 1.62 bits per heavy atom. The van der Waals surface area contributed by atoms with E-state index in [-0.39, 0.29) is 11.8 Å². The summed E-state index contributed by atoms with van der Waals surface area (Å²) in [5.41, 5.74) is 3.51. The van der Waals surface area contributed by atoms with Crippen LogP contribution in [0.4, 0.5) is 5.82 Å². The van der Waals surface area contributed by atoms with E-state index in [1.807, 2.05) is 78.2 Å². The molecule has 2 atom stereocenters. The Hall–Kier alpha value is -4.07. The number of fused-ring (bicyclic) bond motifs is 4. The number of benzene rings is 2. The zero-order chi connectivity index (χ0) is 26.9. The molecule has 6 rings (SSSR count).